The standard InChI is InChI=1S/C35H36FN9O/c1-24-40-31-7-6-30(26-10-13-38-33(37)21-26)41-35(31)45(24)27-5-8-32(29(36)22-27)43-19-17-42(18-20-43)14-2-3-25-4-9-34(39-23-25)44-15-11-28(46)12-16-44/h4-10,13,21-23,28,46H,11-12,14-20H2,1H3,(H2,37,38). The molecule has 1 aromatic carbocycles. The van der Waals surface area contributed by atoms with Gasteiger partial charge in [-0.15, -0.1) is 0 Å². The molecule has 0 radical (unpaired) electrons. The molecule has 11 heteroatoms. The molecule has 0 spiro atoms. The van der Waals surface area contributed by atoms with E-state index in [1.54, 1.807) is 18.3 Å². The predicted molar refractivity (Wildman–Crippen MR) is 178 cm³/mol. The lowest BCUT2D eigenvalue weighted by molar-refractivity contribution is 0.145. The van der Waals surface area contributed by atoms with E-state index in [9.17, 15) is 5.11 Å². The number of halogens is 1. The highest BCUT2D eigenvalue weighted by Gasteiger charge is 2.21. The largest absolute Gasteiger partial charge is 0.393 e. The Labute approximate surface area is 267 Å². The van der Waals surface area contributed by atoms with Crippen molar-refractivity contribution in [1.29, 1.82) is 0 Å². The smallest absolute Gasteiger partial charge is 0.165 e. The van der Waals surface area contributed by atoms with Gasteiger partial charge in [-0.2, -0.15) is 0 Å². The average molecular weight is 618 g/mol. The summed E-state index contributed by atoms with van der Waals surface area (Å²) in [6, 6.07) is 16.8. The molecule has 2 aliphatic rings. The van der Waals surface area contributed by atoms with Crippen LogP contribution in [0.1, 0.15) is 24.2 Å². The molecule has 0 bridgehead atoms. The van der Waals surface area contributed by atoms with Crippen LogP contribution >= 0.6 is 0 Å². The molecule has 46 heavy (non-hydrogen) atoms. The number of rotatable bonds is 5. The van der Waals surface area contributed by atoms with Gasteiger partial charge in [0.25, 0.3) is 0 Å². The molecule has 0 aliphatic carbocycles. The Kier molecular flexibility index (Phi) is 8.22. The van der Waals surface area contributed by atoms with Crippen LogP contribution in [-0.2, 0) is 0 Å². The molecule has 5 aromatic rings. The maximum atomic E-state index is 15.6. The van der Waals surface area contributed by atoms with Crippen LogP contribution < -0.4 is 15.5 Å². The Morgan fingerprint density at radius 3 is 2.48 bits per heavy atom. The lowest BCUT2D eigenvalue weighted by Crippen LogP contribution is -2.46. The van der Waals surface area contributed by atoms with Crippen LogP contribution in [0.2, 0.25) is 0 Å². The first-order valence-electron chi connectivity index (χ1n) is 15.6. The average Bonchev–Trinajstić information content (AvgIpc) is 3.41. The van der Waals surface area contributed by atoms with Gasteiger partial charge in [0.15, 0.2) is 5.65 Å². The number of benzene rings is 1. The van der Waals surface area contributed by atoms with E-state index in [1.165, 1.54) is 0 Å². The van der Waals surface area contributed by atoms with Crippen molar-refractivity contribution >= 4 is 28.5 Å². The van der Waals surface area contributed by atoms with Gasteiger partial charge in [0, 0.05) is 68.9 Å². The third-order valence-corrected chi connectivity index (χ3v) is 8.72. The Bertz CT molecular complexity index is 1910. The normalized spacial score (nSPS) is 16.1. The van der Waals surface area contributed by atoms with Gasteiger partial charge in [-0.05, 0) is 68.3 Å². The number of imidazole rings is 1. The zero-order valence-corrected chi connectivity index (χ0v) is 25.8. The first-order valence-corrected chi connectivity index (χ1v) is 15.6. The van der Waals surface area contributed by atoms with Gasteiger partial charge >= 0.3 is 0 Å². The molecule has 2 fully saturated rings. The molecule has 0 saturated carbocycles. The van der Waals surface area contributed by atoms with Gasteiger partial charge in [0.05, 0.1) is 29.7 Å². The number of aryl methyl sites for hydroxylation is 1. The molecule has 6 heterocycles. The number of aliphatic hydroxyl groups excluding tert-OH is 1. The molecule has 7 rings (SSSR count). The van der Waals surface area contributed by atoms with E-state index in [1.807, 2.05) is 60.2 Å². The second-order valence-corrected chi connectivity index (χ2v) is 11.8. The maximum Gasteiger partial charge on any atom is 0.165 e. The number of hydrogen-bond donors (Lipinski definition) is 2. The number of pyridine rings is 3. The topological polar surface area (TPSA) is 112 Å². The van der Waals surface area contributed by atoms with Crippen LogP contribution in [0.3, 0.4) is 0 Å². The summed E-state index contributed by atoms with van der Waals surface area (Å²) in [5.74, 6) is 8.30. The van der Waals surface area contributed by atoms with E-state index < -0.39 is 0 Å². The van der Waals surface area contributed by atoms with Crippen molar-refractivity contribution in [3.05, 3.63) is 84.2 Å². The van der Waals surface area contributed by atoms with Crippen LogP contribution in [0.15, 0.2) is 67.0 Å². The summed E-state index contributed by atoms with van der Waals surface area (Å²) >= 11 is 0. The number of fused-ring (bicyclic) bond motifs is 1. The van der Waals surface area contributed by atoms with E-state index >= 15 is 4.39 Å². The minimum Gasteiger partial charge on any atom is -0.393 e. The Hall–Kier alpha value is -5.05. The number of nitrogens with zero attached hydrogens (tertiary/aromatic N) is 8. The van der Waals surface area contributed by atoms with Crippen molar-refractivity contribution in [2.75, 3.05) is 61.3 Å². The highest BCUT2D eigenvalue weighted by molar-refractivity contribution is 5.78. The van der Waals surface area contributed by atoms with Crippen LogP contribution in [0, 0.1) is 24.6 Å². The number of aliphatic hydroxyl groups is 1. The second-order valence-electron chi connectivity index (χ2n) is 11.8. The summed E-state index contributed by atoms with van der Waals surface area (Å²) in [5, 5.41) is 9.73. The Morgan fingerprint density at radius 2 is 1.74 bits per heavy atom. The molecule has 10 nitrogen and oxygen atoms in total. The summed E-state index contributed by atoms with van der Waals surface area (Å²) in [5.41, 5.74) is 11.0. The van der Waals surface area contributed by atoms with Gasteiger partial charge in [-0.3, -0.25) is 9.47 Å². The van der Waals surface area contributed by atoms with E-state index in [-0.39, 0.29) is 11.9 Å². The lowest BCUT2D eigenvalue weighted by atomic mass is 10.1. The zero-order valence-electron chi connectivity index (χ0n) is 25.8. The number of piperidine rings is 1. The molecular formula is C35H36FN9O. The zero-order chi connectivity index (χ0) is 31.6. The van der Waals surface area contributed by atoms with E-state index in [4.69, 9.17) is 10.7 Å². The van der Waals surface area contributed by atoms with Gasteiger partial charge in [0.2, 0.25) is 0 Å². The Morgan fingerprint density at radius 1 is 0.913 bits per heavy atom. The maximum absolute atomic E-state index is 15.6. The predicted octanol–water partition coefficient (Wildman–Crippen LogP) is 4.04. The van der Waals surface area contributed by atoms with Crippen molar-refractivity contribution in [1.82, 2.24) is 29.4 Å². The van der Waals surface area contributed by atoms with E-state index in [2.05, 4.69) is 41.5 Å². The third kappa shape index (κ3) is 6.22. The number of anilines is 3. The SMILES string of the molecule is Cc1nc2ccc(-c3ccnc(N)c3)nc2n1-c1ccc(N2CCN(CC#Cc3ccc(N4CCC(O)CC4)nc3)CC2)c(F)c1. The van der Waals surface area contributed by atoms with Crippen LogP contribution in [0.4, 0.5) is 21.7 Å². The van der Waals surface area contributed by atoms with Crippen molar-refractivity contribution in [3.8, 4) is 28.8 Å². The monoisotopic (exact) mass is 617 g/mol. The fourth-order valence-electron chi connectivity index (χ4n) is 6.18. The summed E-state index contributed by atoms with van der Waals surface area (Å²) in [7, 11) is 0. The molecule has 2 aliphatic heterocycles. The summed E-state index contributed by atoms with van der Waals surface area (Å²) < 4.78 is 17.5. The summed E-state index contributed by atoms with van der Waals surface area (Å²) in [6.45, 7) is 7.21. The first kappa shape index (κ1) is 29.6. The van der Waals surface area contributed by atoms with Crippen molar-refractivity contribution < 1.29 is 9.50 Å². The minimum atomic E-state index is -0.276. The molecule has 2 saturated heterocycles. The quantitative estimate of drug-likeness (QED) is 0.282. The van der Waals surface area contributed by atoms with E-state index in [0.29, 0.717) is 42.5 Å². The van der Waals surface area contributed by atoms with Gasteiger partial charge in [-0.1, -0.05) is 11.8 Å². The number of nitrogens with two attached hydrogens (primary N) is 1. The molecule has 0 atom stereocenters. The Balaban J connectivity index is 0.987. The minimum absolute atomic E-state index is 0.200. The number of hydrogen-bond acceptors (Lipinski definition) is 9. The van der Waals surface area contributed by atoms with Gasteiger partial charge in [-0.25, -0.2) is 24.3 Å². The van der Waals surface area contributed by atoms with Crippen LogP contribution in [0.25, 0.3) is 28.1 Å². The summed E-state index contributed by atoms with van der Waals surface area (Å²) in [6.07, 6.45) is 4.83. The summed E-state index contributed by atoms with van der Waals surface area (Å²) in [4.78, 5) is 24.7. The van der Waals surface area contributed by atoms with Gasteiger partial charge < -0.3 is 20.6 Å². The lowest BCUT2D eigenvalue weighted by Gasteiger charge is -2.35. The van der Waals surface area contributed by atoms with E-state index in [0.717, 1.165) is 73.0 Å². The highest BCUT2D eigenvalue weighted by Crippen LogP contribution is 2.28. The molecule has 234 valence electrons. The van der Waals surface area contributed by atoms with Crippen LogP contribution in [-0.4, -0.2) is 86.4 Å². The van der Waals surface area contributed by atoms with Crippen molar-refractivity contribution in [3.63, 3.8) is 0 Å². The molecule has 0 amide bonds. The second kappa shape index (κ2) is 12.7. The van der Waals surface area contributed by atoms with Crippen molar-refractivity contribution in [2.45, 2.75) is 25.9 Å². The molecule has 3 N–H and O–H groups in total. The molecular weight excluding hydrogens is 581 g/mol. The highest BCUT2D eigenvalue weighted by atomic mass is 19.1. The third-order valence-electron chi connectivity index (χ3n) is 8.72. The fraction of sp³-hybridized carbons (Fsp3) is 0.314. The fourth-order valence-corrected chi connectivity index (χ4v) is 6.18. The molecule has 4 aromatic heterocycles. The number of aromatic nitrogens is 5. The van der Waals surface area contributed by atoms with Gasteiger partial charge in [0.1, 0.15) is 28.8 Å². The first-order chi connectivity index (χ1) is 22.4. The molecule has 0 unspecified atom stereocenters. The number of piperazine rings is 1. The number of nitrogen functional groups attached to an aromatic ring is 1. The van der Waals surface area contributed by atoms with Crippen LogP contribution in [0.5, 0.6) is 0 Å². The van der Waals surface area contributed by atoms with Crippen molar-refractivity contribution in [2.24, 2.45) is 0 Å².